The lowest BCUT2D eigenvalue weighted by atomic mass is 9.96. The van der Waals surface area contributed by atoms with Crippen LogP contribution in [0.15, 0.2) is 18.2 Å². The Morgan fingerprint density at radius 1 is 1.53 bits per heavy atom. The van der Waals surface area contributed by atoms with Gasteiger partial charge in [0.1, 0.15) is 0 Å². The second-order valence-corrected chi connectivity index (χ2v) is 4.23. The smallest absolute Gasteiger partial charge is 0.310 e. The van der Waals surface area contributed by atoms with Crippen LogP contribution < -0.4 is 0 Å². The second kappa shape index (κ2) is 4.20. The summed E-state index contributed by atoms with van der Waals surface area (Å²) in [5.74, 6) is -1.31. The van der Waals surface area contributed by atoms with Crippen molar-refractivity contribution in [3.8, 4) is 0 Å². The zero-order chi connectivity index (χ0) is 12.6. The van der Waals surface area contributed by atoms with Gasteiger partial charge in [0.15, 0.2) is 0 Å². The van der Waals surface area contributed by atoms with Gasteiger partial charge in [0, 0.05) is 18.1 Å². The van der Waals surface area contributed by atoms with Crippen LogP contribution in [-0.2, 0) is 18.3 Å². The number of carboxylic acids is 1. The molecule has 1 aromatic carbocycles. The van der Waals surface area contributed by atoms with Crippen molar-refractivity contribution in [2.24, 2.45) is 7.05 Å². The number of aromatic nitrogens is 2. The normalized spacial score (nSPS) is 12.9. The molecular formula is C13H16N2O2. The summed E-state index contributed by atoms with van der Waals surface area (Å²) < 4.78 is 1.84. The fraction of sp³-hybridized carbons (Fsp3) is 0.385. The number of aliphatic carboxylic acids is 1. The number of benzene rings is 1. The summed E-state index contributed by atoms with van der Waals surface area (Å²) in [5, 5.41) is 14.5. The van der Waals surface area contributed by atoms with E-state index in [9.17, 15) is 4.79 Å². The molecule has 4 nitrogen and oxygen atoms in total. The Labute approximate surface area is 99.9 Å². The van der Waals surface area contributed by atoms with Crippen LogP contribution in [0.3, 0.4) is 0 Å². The molecule has 0 saturated heterocycles. The Morgan fingerprint density at radius 2 is 2.24 bits per heavy atom. The van der Waals surface area contributed by atoms with Gasteiger partial charge >= 0.3 is 5.97 Å². The maximum atomic E-state index is 11.1. The van der Waals surface area contributed by atoms with Gasteiger partial charge in [-0.1, -0.05) is 19.1 Å². The van der Waals surface area contributed by atoms with Crippen LogP contribution >= 0.6 is 0 Å². The highest BCUT2D eigenvalue weighted by molar-refractivity contribution is 5.90. The minimum absolute atomic E-state index is 0.506. The fourth-order valence-electron chi connectivity index (χ4n) is 2.24. The fourth-order valence-corrected chi connectivity index (χ4v) is 2.24. The quantitative estimate of drug-likeness (QED) is 0.883. The number of hydrogen-bond acceptors (Lipinski definition) is 2. The average molecular weight is 232 g/mol. The highest BCUT2D eigenvalue weighted by Gasteiger charge is 2.20. The SMILES string of the molecule is CCc1c2c(C(C)C(=O)O)cccc2nn1C. The second-order valence-electron chi connectivity index (χ2n) is 4.23. The molecule has 0 spiro atoms. The molecule has 90 valence electrons. The highest BCUT2D eigenvalue weighted by atomic mass is 16.4. The average Bonchev–Trinajstić information content (AvgIpc) is 2.62. The first kappa shape index (κ1) is 11.6. The molecule has 1 atom stereocenters. The summed E-state index contributed by atoms with van der Waals surface area (Å²) in [7, 11) is 1.90. The van der Waals surface area contributed by atoms with Gasteiger partial charge in [-0.3, -0.25) is 9.48 Å². The van der Waals surface area contributed by atoms with E-state index in [-0.39, 0.29) is 0 Å². The van der Waals surface area contributed by atoms with Gasteiger partial charge in [0.25, 0.3) is 0 Å². The molecule has 1 N–H and O–H groups in total. The van der Waals surface area contributed by atoms with Gasteiger partial charge < -0.3 is 5.11 Å². The molecule has 0 bridgehead atoms. The topological polar surface area (TPSA) is 55.1 Å². The molecular weight excluding hydrogens is 216 g/mol. The third-order valence-electron chi connectivity index (χ3n) is 3.18. The molecule has 0 aliphatic heterocycles. The van der Waals surface area contributed by atoms with Crippen LogP contribution in [0.2, 0.25) is 0 Å². The van der Waals surface area contributed by atoms with Crippen LogP contribution in [0.4, 0.5) is 0 Å². The Kier molecular flexibility index (Phi) is 2.88. The van der Waals surface area contributed by atoms with Gasteiger partial charge in [-0.05, 0) is 25.0 Å². The number of rotatable bonds is 3. The first-order valence-corrected chi connectivity index (χ1v) is 5.73. The maximum Gasteiger partial charge on any atom is 0.310 e. The van der Waals surface area contributed by atoms with Crippen molar-refractivity contribution in [1.29, 1.82) is 0 Å². The molecule has 0 fully saturated rings. The zero-order valence-electron chi connectivity index (χ0n) is 10.3. The molecule has 1 aromatic heterocycles. The van der Waals surface area contributed by atoms with Gasteiger partial charge in [-0.2, -0.15) is 5.10 Å². The molecule has 0 saturated carbocycles. The summed E-state index contributed by atoms with van der Waals surface area (Å²) in [4.78, 5) is 11.1. The van der Waals surface area contributed by atoms with Crippen LogP contribution in [-0.4, -0.2) is 20.9 Å². The van der Waals surface area contributed by atoms with Gasteiger partial charge in [0.2, 0.25) is 0 Å². The van der Waals surface area contributed by atoms with E-state index in [1.165, 1.54) is 0 Å². The van der Waals surface area contributed by atoms with Crippen molar-refractivity contribution in [2.45, 2.75) is 26.2 Å². The zero-order valence-corrected chi connectivity index (χ0v) is 10.3. The number of carbonyl (C=O) groups is 1. The van der Waals surface area contributed by atoms with Gasteiger partial charge in [-0.15, -0.1) is 0 Å². The minimum Gasteiger partial charge on any atom is -0.481 e. The third kappa shape index (κ3) is 1.79. The van der Waals surface area contributed by atoms with Crippen molar-refractivity contribution in [3.63, 3.8) is 0 Å². The van der Waals surface area contributed by atoms with Crippen molar-refractivity contribution in [2.75, 3.05) is 0 Å². The van der Waals surface area contributed by atoms with E-state index in [4.69, 9.17) is 5.11 Å². The van der Waals surface area contributed by atoms with Crippen LogP contribution in [0.5, 0.6) is 0 Å². The lowest BCUT2D eigenvalue weighted by Crippen LogP contribution is -2.08. The Hall–Kier alpha value is -1.84. The highest BCUT2D eigenvalue weighted by Crippen LogP contribution is 2.28. The van der Waals surface area contributed by atoms with Crippen molar-refractivity contribution >= 4 is 16.9 Å². The summed E-state index contributed by atoms with van der Waals surface area (Å²) in [6, 6.07) is 5.66. The van der Waals surface area contributed by atoms with E-state index in [1.54, 1.807) is 6.92 Å². The molecule has 0 radical (unpaired) electrons. The number of nitrogens with zero attached hydrogens (tertiary/aromatic N) is 2. The summed E-state index contributed by atoms with van der Waals surface area (Å²) in [6.45, 7) is 3.77. The summed E-state index contributed by atoms with van der Waals surface area (Å²) in [5.41, 5.74) is 2.80. The van der Waals surface area contributed by atoms with Crippen molar-refractivity contribution < 1.29 is 9.90 Å². The molecule has 0 amide bonds. The van der Waals surface area contributed by atoms with E-state index in [0.717, 1.165) is 28.6 Å². The van der Waals surface area contributed by atoms with Crippen LogP contribution in [0.25, 0.3) is 10.9 Å². The van der Waals surface area contributed by atoms with Crippen molar-refractivity contribution in [1.82, 2.24) is 9.78 Å². The molecule has 0 aliphatic rings. The van der Waals surface area contributed by atoms with E-state index in [0.29, 0.717) is 0 Å². The molecule has 2 aromatic rings. The monoisotopic (exact) mass is 232 g/mol. The first-order valence-electron chi connectivity index (χ1n) is 5.73. The predicted octanol–water partition coefficient (Wildman–Crippen LogP) is 2.32. The molecule has 4 heteroatoms. The number of hydrogen-bond donors (Lipinski definition) is 1. The van der Waals surface area contributed by atoms with Crippen LogP contribution in [0.1, 0.15) is 31.0 Å². The van der Waals surface area contributed by atoms with Crippen LogP contribution in [0, 0.1) is 0 Å². The van der Waals surface area contributed by atoms with E-state index < -0.39 is 11.9 Å². The van der Waals surface area contributed by atoms with E-state index in [1.807, 2.05) is 29.9 Å². The number of carboxylic acid groups (broad SMARTS) is 1. The minimum atomic E-state index is -0.802. The summed E-state index contributed by atoms with van der Waals surface area (Å²) >= 11 is 0. The Bertz CT molecular complexity index is 572. The van der Waals surface area contributed by atoms with Gasteiger partial charge in [0.05, 0.1) is 11.4 Å². The molecule has 1 heterocycles. The number of fused-ring (bicyclic) bond motifs is 1. The maximum absolute atomic E-state index is 11.1. The Morgan fingerprint density at radius 3 is 2.82 bits per heavy atom. The lowest BCUT2D eigenvalue weighted by Gasteiger charge is -2.09. The summed E-state index contributed by atoms with van der Waals surface area (Å²) in [6.07, 6.45) is 0.844. The molecule has 0 aliphatic carbocycles. The lowest BCUT2D eigenvalue weighted by molar-refractivity contribution is -0.138. The number of aryl methyl sites for hydroxylation is 2. The molecule has 17 heavy (non-hydrogen) atoms. The molecule has 2 rings (SSSR count). The Balaban J connectivity index is 2.75. The standard InChI is InChI=1S/C13H16N2O2/c1-4-11-12-9(8(2)13(16)17)6-5-7-10(12)14-15(11)3/h5-8H,4H2,1-3H3,(H,16,17). The largest absolute Gasteiger partial charge is 0.481 e. The molecule has 1 unspecified atom stereocenters. The van der Waals surface area contributed by atoms with Crippen molar-refractivity contribution in [3.05, 3.63) is 29.5 Å². The van der Waals surface area contributed by atoms with E-state index in [2.05, 4.69) is 12.0 Å². The first-order chi connectivity index (χ1) is 8.06. The van der Waals surface area contributed by atoms with Gasteiger partial charge in [-0.25, -0.2) is 0 Å². The van der Waals surface area contributed by atoms with E-state index >= 15 is 0 Å². The third-order valence-corrected chi connectivity index (χ3v) is 3.18. The predicted molar refractivity (Wildman–Crippen MR) is 66.1 cm³/mol.